The smallest absolute Gasteiger partial charge is 0.224 e. The number of carbonyl (C=O) groups excluding carboxylic acids is 2. The Morgan fingerprint density at radius 3 is 2.33 bits per heavy atom. The first-order valence-corrected chi connectivity index (χ1v) is 6.79. The molecule has 0 saturated carbocycles. The SMILES string of the molecule is CCN(CC)C(=O)CCNC(=O)CCC(C)CN. The number of amides is 2. The molecule has 0 bridgehead atoms. The molecule has 5 nitrogen and oxygen atoms in total. The van der Waals surface area contributed by atoms with E-state index in [4.69, 9.17) is 5.73 Å². The van der Waals surface area contributed by atoms with Crippen LogP contribution in [0.5, 0.6) is 0 Å². The average molecular weight is 257 g/mol. The molecule has 0 fully saturated rings. The van der Waals surface area contributed by atoms with Crippen LogP contribution in [0.25, 0.3) is 0 Å². The standard InChI is InChI=1S/C13H27N3O2/c1-4-16(5-2)13(18)8-9-15-12(17)7-6-11(3)10-14/h11H,4-10,14H2,1-3H3,(H,15,17). The number of hydrogen-bond donors (Lipinski definition) is 2. The molecule has 0 rings (SSSR count). The molecule has 1 unspecified atom stereocenters. The largest absolute Gasteiger partial charge is 0.356 e. The third kappa shape index (κ3) is 7.27. The fourth-order valence-corrected chi connectivity index (χ4v) is 1.63. The van der Waals surface area contributed by atoms with Gasteiger partial charge in [-0.25, -0.2) is 0 Å². The van der Waals surface area contributed by atoms with Gasteiger partial charge in [0.05, 0.1) is 0 Å². The van der Waals surface area contributed by atoms with Crippen LogP contribution in [0.3, 0.4) is 0 Å². The molecule has 3 N–H and O–H groups in total. The fourth-order valence-electron chi connectivity index (χ4n) is 1.63. The molecule has 0 aromatic carbocycles. The van der Waals surface area contributed by atoms with Crippen LogP contribution >= 0.6 is 0 Å². The van der Waals surface area contributed by atoms with Gasteiger partial charge in [0.15, 0.2) is 0 Å². The molecular weight excluding hydrogens is 230 g/mol. The Bertz CT molecular complexity index is 253. The molecule has 0 aliphatic carbocycles. The van der Waals surface area contributed by atoms with E-state index < -0.39 is 0 Å². The first-order valence-electron chi connectivity index (χ1n) is 6.79. The maximum absolute atomic E-state index is 11.7. The van der Waals surface area contributed by atoms with Crippen molar-refractivity contribution >= 4 is 11.8 Å². The number of hydrogen-bond acceptors (Lipinski definition) is 3. The highest BCUT2D eigenvalue weighted by Crippen LogP contribution is 2.02. The molecule has 0 saturated heterocycles. The zero-order valence-corrected chi connectivity index (χ0v) is 11.9. The van der Waals surface area contributed by atoms with Crippen LogP contribution in [-0.2, 0) is 9.59 Å². The minimum Gasteiger partial charge on any atom is -0.356 e. The van der Waals surface area contributed by atoms with Gasteiger partial charge in [-0.05, 0) is 32.7 Å². The second kappa shape index (κ2) is 9.88. The highest BCUT2D eigenvalue weighted by Gasteiger charge is 2.10. The summed E-state index contributed by atoms with van der Waals surface area (Å²) in [6.45, 7) is 8.40. The summed E-state index contributed by atoms with van der Waals surface area (Å²) in [6, 6.07) is 0. The molecule has 0 heterocycles. The summed E-state index contributed by atoms with van der Waals surface area (Å²) in [4.78, 5) is 24.9. The lowest BCUT2D eigenvalue weighted by Crippen LogP contribution is -2.34. The third-order valence-electron chi connectivity index (χ3n) is 3.04. The van der Waals surface area contributed by atoms with E-state index in [2.05, 4.69) is 5.32 Å². The normalized spacial score (nSPS) is 12.0. The second-order valence-corrected chi connectivity index (χ2v) is 4.55. The zero-order chi connectivity index (χ0) is 14.0. The van der Waals surface area contributed by atoms with E-state index in [1.165, 1.54) is 0 Å². The maximum Gasteiger partial charge on any atom is 0.224 e. The summed E-state index contributed by atoms with van der Waals surface area (Å²) in [5.41, 5.74) is 5.48. The summed E-state index contributed by atoms with van der Waals surface area (Å²) in [6.07, 6.45) is 1.66. The van der Waals surface area contributed by atoms with Crippen LogP contribution in [0.15, 0.2) is 0 Å². The quantitative estimate of drug-likeness (QED) is 0.639. The molecule has 0 aromatic rings. The third-order valence-corrected chi connectivity index (χ3v) is 3.04. The van der Waals surface area contributed by atoms with Crippen molar-refractivity contribution in [1.82, 2.24) is 10.2 Å². The van der Waals surface area contributed by atoms with Crippen LogP contribution in [0, 0.1) is 5.92 Å². The summed E-state index contributed by atoms with van der Waals surface area (Å²) >= 11 is 0. The molecule has 0 aliphatic heterocycles. The van der Waals surface area contributed by atoms with Gasteiger partial charge in [0.2, 0.25) is 11.8 Å². The van der Waals surface area contributed by atoms with E-state index in [1.807, 2.05) is 20.8 Å². The Kier molecular flexibility index (Phi) is 9.28. The lowest BCUT2D eigenvalue weighted by atomic mass is 10.1. The van der Waals surface area contributed by atoms with Gasteiger partial charge in [0.25, 0.3) is 0 Å². The van der Waals surface area contributed by atoms with Gasteiger partial charge in [0.1, 0.15) is 0 Å². The van der Waals surface area contributed by atoms with Crippen LogP contribution < -0.4 is 11.1 Å². The maximum atomic E-state index is 11.7. The minimum absolute atomic E-state index is 0.00245. The number of nitrogens with one attached hydrogen (secondary N) is 1. The van der Waals surface area contributed by atoms with Crippen molar-refractivity contribution in [2.24, 2.45) is 11.7 Å². The molecule has 1 atom stereocenters. The van der Waals surface area contributed by atoms with Gasteiger partial charge in [-0.1, -0.05) is 6.92 Å². The van der Waals surface area contributed by atoms with Crippen molar-refractivity contribution < 1.29 is 9.59 Å². The summed E-state index contributed by atoms with van der Waals surface area (Å²) in [7, 11) is 0. The summed E-state index contributed by atoms with van der Waals surface area (Å²) in [5.74, 6) is 0.464. The molecule has 106 valence electrons. The first kappa shape index (κ1) is 16.9. The van der Waals surface area contributed by atoms with Crippen molar-refractivity contribution in [3.05, 3.63) is 0 Å². The van der Waals surface area contributed by atoms with Gasteiger partial charge in [-0.2, -0.15) is 0 Å². The predicted octanol–water partition coefficient (Wildman–Crippen LogP) is 0.736. The van der Waals surface area contributed by atoms with Gasteiger partial charge in [-0.15, -0.1) is 0 Å². The average Bonchev–Trinajstić information content (AvgIpc) is 2.37. The monoisotopic (exact) mass is 257 g/mol. The van der Waals surface area contributed by atoms with Gasteiger partial charge in [-0.3, -0.25) is 9.59 Å². The van der Waals surface area contributed by atoms with E-state index in [1.54, 1.807) is 4.90 Å². The zero-order valence-electron chi connectivity index (χ0n) is 11.9. The Labute approximate surface area is 110 Å². The van der Waals surface area contributed by atoms with Crippen LogP contribution in [-0.4, -0.2) is 42.9 Å². The molecule has 18 heavy (non-hydrogen) atoms. The van der Waals surface area contributed by atoms with Crippen molar-refractivity contribution in [1.29, 1.82) is 0 Å². The highest BCUT2D eigenvalue weighted by atomic mass is 16.2. The van der Waals surface area contributed by atoms with Crippen molar-refractivity contribution in [3.63, 3.8) is 0 Å². The Morgan fingerprint density at radius 1 is 1.22 bits per heavy atom. The lowest BCUT2D eigenvalue weighted by Gasteiger charge is -2.18. The van der Waals surface area contributed by atoms with Crippen molar-refractivity contribution in [2.45, 2.75) is 40.0 Å². The number of nitrogens with zero attached hydrogens (tertiary/aromatic N) is 1. The minimum atomic E-state index is 0.00245. The van der Waals surface area contributed by atoms with Crippen LogP contribution in [0.2, 0.25) is 0 Å². The van der Waals surface area contributed by atoms with Gasteiger partial charge >= 0.3 is 0 Å². The van der Waals surface area contributed by atoms with E-state index in [0.717, 1.165) is 19.5 Å². The fraction of sp³-hybridized carbons (Fsp3) is 0.846. The predicted molar refractivity (Wildman–Crippen MR) is 73.0 cm³/mol. The van der Waals surface area contributed by atoms with Crippen LogP contribution in [0.1, 0.15) is 40.0 Å². The van der Waals surface area contributed by atoms with Crippen molar-refractivity contribution in [2.75, 3.05) is 26.2 Å². The lowest BCUT2D eigenvalue weighted by molar-refractivity contribution is -0.130. The van der Waals surface area contributed by atoms with Gasteiger partial charge < -0.3 is 16.0 Å². The van der Waals surface area contributed by atoms with E-state index in [0.29, 0.717) is 31.8 Å². The first-order chi connectivity index (χ1) is 8.54. The highest BCUT2D eigenvalue weighted by molar-refractivity contribution is 5.79. The second-order valence-electron chi connectivity index (χ2n) is 4.55. The van der Waals surface area contributed by atoms with E-state index in [9.17, 15) is 9.59 Å². The molecular formula is C13H27N3O2. The molecule has 0 aliphatic rings. The molecule has 0 aromatic heterocycles. The molecule has 0 radical (unpaired) electrons. The Balaban J connectivity index is 3.71. The Morgan fingerprint density at radius 2 is 1.83 bits per heavy atom. The van der Waals surface area contributed by atoms with Crippen molar-refractivity contribution in [3.8, 4) is 0 Å². The Hall–Kier alpha value is -1.10. The number of rotatable bonds is 9. The topological polar surface area (TPSA) is 75.4 Å². The number of carbonyl (C=O) groups is 2. The molecule has 2 amide bonds. The van der Waals surface area contributed by atoms with Gasteiger partial charge in [0, 0.05) is 32.5 Å². The van der Waals surface area contributed by atoms with E-state index >= 15 is 0 Å². The summed E-state index contributed by atoms with van der Waals surface area (Å²) in [5, 5.41) is 2.77. The number of nitrogens with two attached hydrogens (primary N) is 1. The summed E-state index contributed by atoms with van der Waals surface area (Å²) < 4.78 is 0. The van der Waals surface area contributed by atoms with Crippen LogP contribution in [0.4, 0.5) is 0 Å². The van der Waals surface area contributed by atoms with E-state index in [-0.39, 0.29) is 11.8 Å². The molecule has 5 heteroatoms. The molecule has 0 spiro atoms.